The van der Waals surface area contributed by atoms with Gasteiger partial charge >= 0.3 is 6.09 Å². The zero-order chi connectivity index (χ0) is 21.3. The Labute approximate surface area is 178 Å². The first-order valence-electron chi connectivity index (χ1n) is 9.85. The molecule has 4 rings (SSSR count). The first-order valence-corrected chi connectivity index (χ1v) is 10.2. The largest absolute Gasteiger partial charge is 0.447 e. The molecule has 1 atom stereocenters. The summed E-state index contributed by atoms with van der Waals surface area (Å²) in [5.41, 5.74) is 2.03. The van der Waals surface area contributed by atoms with Crippen LogP contribution in [-0.4, -0.2) is 42.4 Å². The first kappa shape index (κ1) is 20.4. The van der Waals surface area contributed by atoms with E-state index in [1.165, 1.54) is 17.0 Å². The van der Waals surface area contributed by atoms with Gasteiger partial charge in [-0.3, -0.25) is 15.0 Å². The number of aliphatic hydroxyl groups excluding tert-OH is 1. The van der Waals surface area contributed by atoms with Crippen molar-refractivity contribution in [3.63, 3.8) is 0 Å². The van der Waals surface area contributed by atoms with Gasteiger partial charge in [0.15, 0.2) is 0 Å². The number of nitro groups is 1. The van der Waals surface area contributed by atoms with Crippen molar-refractivity contribution in [3.8, 4) is 0 Å². The van der Waals surface area contributed by atoms with Crippen molar-refractivity contribution in [3.05, 3.63) is 63.2 Å². The second-order valence-electron chi connectivity index (χ2n) is 7.52. The second kappa shape index (κ2) is 8.49. The number of benzene rings is 2. The molecule has 0 aliphatic carbocycles. The number of carbonyl (C=O) groups excluding carboxylic acids is 1. The summed E-state index contributed by atoms with van der Waals surface area (Å²) in [5, 5.41) is 22.6. The molecule has 0 saturated carbocycles. The van der Waals surface area contributed by atoms with Gasteiger partial charge in [-0.1, -0.05) is 23.7 Å². The number of hydrogen-bond acceptors (Lipinski definition) is 6. The lowest BCUT2D eigenvalue weighted by Gasteiger charge is -2.37. The maximum absolute atomic E-state index is 12.1. The predicted molar refractivity (Wildman–Crippen MR) is 113 cm³/mol. The Bertz CT molecular complexity index is 944. The Morgan fingerprint density at radius 2 is 1.80 bits per heavy atom. The number of hydrogen-bond donors (Lipinski definition) is 1. The molecule has 2 aromatic carbocycles. The average molecular weight is 432 g/mol. The summed E-state index contributed by atoms with van der Waals surface area (Å²) in [6.45, 7) is 1.96. The molecule has 2 aliphatic rings. The van der Waals surface area contributed by atoms with Gasteiger partial charge in [-0.2, -0.15) is 0 Å². The topological polar surface area (TPSA) is 96.1 Å². The van der Waals surface area contributed by atoms with Crippen molar-refractivity contribution in [2.45, 2.75) is 18.9 Å². The number of carbonyl (C=O) groups is 1. The van der Waals surface area contributed by atoms with Gasteiger partial charge in [0.2, 0.25) is 0 Å². The Morgan fingerprint density at radius 3 is 2.40 bits per heavy atom. The van der Waals surface area contributed by atoms with Gasteiger partial charge in [0.05, 0.1) is 28.9 Å². The van der Waals surface area contributed by atoms with Crippen molar-refractivity contribution >= 4 is 34.8 Å². The minimum atomic E-state index is -0.575. The molecule has 0 spiro atoms. The highest BCUT2D eigenvalue weighted by molar-refractivity contribution is 6.30. The van der Waals surface area contributed by atoms with Crippen molar-refractivity contribution in [1.82, 2.24) is 0 Å². The molecule has 1 unspecified atom stereocenters. The summed E-state index contributed by atoms with van der Waals surface area (Å²) in [6.07, 6.45) is 0.439. The maximum Gasteiger partial charge on any atom is 0.414 e. The molecule has 2 aromatic rings. The van der Waals surface area contributed by atoms with E-state index >= 15 is 0 Å². The number of piperidine rings is 1. The molecule has 2 heterocycles. The summed E-state index contributed by atoms with van der Waals surface area (Å²) in [7, 11) is 0. The van der Waals surface area contributed by atoms with Crippen LogP contribution in [0.2, 0.25) is 5.02 Å². The van der Waals surface area contributed by atoms with E-state index in [4.69, 9.17) is 16.3 Å². The number of anilines is 2. The number of rotatable bonds is 5. The Morgan fingerprint density at radius 1 is 1.10 bits per heavy atom. The SMILES string of the molecule is O=C1OCCN1c1cc([N+](=O)[O-])ccc1N1CCC(C(O)c2ccc(Cl)cc2)CC1. The third kappa shape index (κ3) is 4.06. The summed E-state index contributed by atoms with van der Waals surface area (Å²) >= 11 is 5.93. The zero-order valence-corrected chi connectivity index (χ0v) is 17.0. The van der Waals surface area contributed by atoms with Crippen LogP contribution in [0.4, 0.5) is 21.9 Å². The number of halogens is 1. The molecule has 1 N–H and O–H groups in total. The van der Waals surface area contributed by atoms with E-state index in [0.717, 1.165) is 24.1 Å². The third-order valence-corrected chi connectivity index (χ3v) is 6.01. The number of amides is 1. The molecule has 2 saturated heterocycles. The molecule has 1 amide bonds. The Balaban J connectivity index is 1.52. The standard InChI is InChI=1S/C21H22ClN3O5/c22-16-3-1-14(2-4-16)20(26)15-7-9-23(10-8-15)18-6-5-17(25(28)29)13-19(18)24-11-12-30-21(24)27/h1-6,13,15,20,26H,7-12H2. The van der Waals surface area contributed by atoms with Gasteiger partial charge < -0.3 is 14.7 Å². The van der Waals surface area contributed by atoms with Gasteiger partial charge in [-0.15, -0.1) is 0 Å². The van der Waals surface area contributed by atoms with E-state index in [0.29, 0.717) is 30.3 Å². The fraction of sp³-hybridized carbons (Fsp3) is 0.381. The van der Waals surface area contributed by atoms with E-state index < -0.39 is 17.1 Å². The molecule has 30 heavy (non-hydrogen) atoms. The monoisotopic (exact) mass is 431 g/mol. The van der Waals surface area contributed by atoms with Crippen LogP contribution >= 0.6 is 11.6 Å². The van der Waals surface area contributed by atoms with Crippen LogP contribution in [0.1, 0.15) is 24.5 Å². The lowest BCUT2D eigenvalue weighted by Crippen LogP contribution is -2.37. The molecule has 8 nitrogen and oxygen atoms in total. The lowest BCUT2D eigenvalue weighted by atomic mass is 9.87. The fourth-order valence-corrected chi connectivity index (χ4v) is 4.24. The first-order chi connectivity index (χ1) is 14.4. The number of aliphatic hydroxyl groups is 1. The van der Waals surface area contributed by atoms with Gasteiger partial charge in [-0.25, -0.2) is 4.79 Å². The molecular formula is C21H22ClN3O5. The van der Waals surface area contributed by atoms with Crippen LogP contribution in [0.5, 0.6) is 0 Å². The van der Waals surface area contributed by atoms with Crippen LogP contribution in [0.3, 0.4) is 0 Å². The highest BCUT2D eigenvalue weighted by Crippen LogP contribution is 2.38. The van der Waals surface area contributed by atoms with E-state index in [2.05, 4.69) is 4.90 Å². The van der Waals surface area contributed by atoms with E-state index in [-0.39, 0.29) is 18.2 Å². The summed E-state index contributed by atoms with van der Waals surface area (Å²) < 4.78 is 5.02. The van der Waals surface area contributed by atoms with Crippen molar-refractivity contribution in [2.24, 2.45) is 5.92 Å². The molecule has 158 valence electrons. The molecular weight excluding hydrogens is 410 g/mol. The molecule has 0 radical (unpaired) electrons. The van der Waals surface area contributed by atoms with Crippen LogP contribution in [0, 0.1) is 16.0 Å². The minimum absolute atomic E-state index is 0.0681. The van der Waals surface area contributed by atoms with Crippen molar-refractivity contribution in [1.29, 1.82) is 0 Å². The summed E-state index contributed by atoms with van der Waals surface area (Å²) in [5.74, 6) is 0.0978. The van der Waals surface area contributed by atoms with Crippen molar-refractivity contribution in [2.75, 3.05) is 36.0 Å². The Hall–Kier alpha value is -2.84. The van der Waals surface area contributed by atoms with Crippen LogP contribution in [0.25, 0.3) is 0 Å². The van der Waals surface area contributed by atoms with E-state index in [9.17, 15) is 20.0 Å². The maximum atomic E-state index is 12.1. The molecule has 0 bridgehead atoms. The van der Waals surface area contributed by atoms with Gasteiger partial charge in [0.25, 0.3) is 5.69 Å². The Kier molecular flexibility index (Phi) is 5.78. The third-order valence-electron chi connectivity index (χ3n) is 5.76. The fourth-order valence-electron chi connectivity index (χ4n) is 4.11. The summed E-state index contributed by atoms with van der Waals surface area (Å²) in [6, 6.07) is 11.8. The number of cyclic esters (lactones) is 1. The zero-order valence-electron chi connectivity index (χ0n) is 16.2. The highest BCUT2D eigenvalue weighted by atomic mass is 35.5. The lowest BCUT2D eigenvalue weighted by molar-refractivity contribution is -0.384. The van der Waals surface area contributed by atoms with E-state index in [1.807, 2.05) is 12.1 Å². The van der Waals surface area contributed by atoms with Crippen molar-refractivity contribution < 1.29 is 19.6 Å². The number of nitrogens with zero attached hydrogens (tertiary/aromatic N) is 3. The molecule has 0 aromatic heterocycles. The quantitative estimate of drug-likeness (QED) is 0.564. The van der Waals surface area contributed by atoms with E-state index in [1.54, 1.807) is 18.2 Å². The van der Waals surface area contributed by atoms with Crippen LogP contribution in [-0.2, 0) is 4.74 Å². The normalized spacial score (nSPS) is 18.4. The molecule has 2 aliphatic heterocycles. The number of nitro benzene ring substituents is 1. The van der Waals surface area contributed by atoms with Crippen LogP contribution < -0.4 is 9.80 Å². The minimum Gasteiger partial charge on any atom is -0.447 e. The highest BCUT2D eigenvalue weighted by Gasteiger charge is 2.32. The second-order valence-corrected chi connectivity index (χ2v) is 7.95. The van der Waals surface area contributed by atoms with Gasteiger partial charge in [0, 0.05) is 30.2 Å². The molecule has 9 heteroatoms. The van der Waals surface area contributed by atoms with Gasteiger partial charge in [-0.05, 0) is 42.5 Å². The number of ether oxygens (including phenoxy) is 1. The average Bonchev–Trinajstić information content (AvgIpc) is 3.19. The number of non-ortho nitro benzene ring substituents is 1. The van der Waals surface area contributed by atoms with Gasteiger partial charge in [0.1, 0.15) is 6.61 Å². The predicted octanol–water partition coefficient (Wildman–Crippen LogP) is 4.15. The smallest absolute Gasteiger partial charge is 0.414 e. The summed E-state index contributed by atoms with van der Waals surface area (Å²) in [4.78, 5) is 26.4. The molecule has 2 fully saturated rings. The van der Waals surface area contributed by atoms with Crippen LogP contribution in [0.15, 0.2) is 42.5 Å².